The molecule has 1 amide bonds. The molecule has 3 aromatic rings. The van der Waals surface area contributed by atoms with Crippen LogP contribution in [0.3, 0.4) is 0 Å². The number of hydrogen-bond acceptors (Lipinski definition) is 6. The van der Waals surface area contributed by atoms with E-state index in [2.05, 4.69) is 29.4 Å². The molecule has 0 atom stereocenters. The second-order valence-electron chi connectivity index (χ2n) is 7.60. The molecule has 0 aliphatic carbocycles. The number of rotatable bonds is 7. The van der Waals surface area contributed by atoms with E-state index in [1.807, 2.05) is 17.5 Å². The van der Waals surface area contributed by atoms with Crippen LogP contribution in [0.2, 0.25) is 0 Å². The Bertz CT molecular complexity index is 1240. The van der Waals surface area contributed by atoms with Crippen LogP contribution in [0.25, 0.3) is 11.3 Å². The molecule has 1 saturated heterocycles. The average molecular weight is 490 g/mol. The minimum absolute atomic E-state index is 0.0314. The molecule has 0 unspecified atom stereocenters. The van der Waals surface area contributed by atoms with Crippen LogP contribution in [0.15, 0.2) is 52.7 Å². The van der Waals surface area contributed by atoms with Crippen molar-refractivity contribution in [2.24, 2.45) is 0 Å². The fourth-order valence-electron chi connectivity index (χ4n) is 3.53. The lowest BCUT2D eigenvalue weighted by molar-refractivity contribution is 0.0729. The molecule has 2 aromatic carbocycles. The maximum Gasteiger partial charge on any atom is 0.257 e. The van der Waals surface area contributed by atoms with Crippen LogP contribution in [0, 0.1) is 5.82 Å². The monoisotopic (exact) mass is 489 g/mol. The van der Waals surface area contributed by atoms with E-state index in [9.17, 15) is 17.6 Å². The highest BCUT2D eigenvalue weighted by atomic mass is 32.2. The molecule has 1 aliphatic rings. The smallest absolute Gasteiger partial charge is 0.257 e. The summed E-state index contributed by atoms with van der Waals surface area (Å²) in [4.78, 5) is 16.7. The van der Waals surface area contributed by atoms with E-state index in [1.54, 1.807) is 0 Å². The summed E-state index contributed by atoms with van der Waals surface area (Å²) in [5, 5.41) is 4.88. The second-order valence-corrected chi connectivity index (χ2v) is 10.4. The van der Waals surface area contributed by atoms with Crippen molar-refractivity contribution in [1.82, 2.24) is 9.29 Å². The van der Waals surface area contributed by atoms with E-state index in [0.717, 1.165) is 40.5 Å². The van der Waals surface area contributed by atoms with Crippen molar-refractivity contribution >= 4 is 32.4 Å². The predicted octanol–water partition coefficient (Wildman–Crippen LogP) is 4.17. The van der Waals surface area contributed by atoms with Gasteiger partial charge in [-0.3, -0.25) is 10.1 Å². The van der Waals surface area contributed by atoms with E-state index < -0.39 is 26.6 Å². The lowest BCUT2D eigenvalue weighted by Crippen LogP contribution is -2.41. The number of anilines is 1. The van der Waals surface area contributed by atoms with Crippen LogP contribution < -0.4 is 5.32 Å². The molecule has 1 N–H and O–H groups in total. The first kappa shape index (κ1) is 23.5. The van der Waals surface area contributed by atoms with Gasteiger partial charge in [0.25, 0.3) is 5.91 Å². The van der Waals surface area contributed by atoms with E-state index >= 15 is 0 Å². The largest absolute Gasteiger partial charge is 0.379 e. The van der Waals surface area contributed by atoms with Gasteiger partial charge in [-0.25, -0.2) is 17.8 Å². The van der Waals surface area contributed by atoms with Gasteiger partial charge in [0.15, 0.2) is 5.13 Å². The third-order valence-electron chi connectivity index (χ3n) is 5.29. The van der Waals surface area contributed by atoms with Crippen LogP contribution in [0.5, 0.6) is 0 Å². The summed E-state index contributed by atoms with van der Waals surface area (Å²) in [7, 11) is -4.08. The molecule has 0 radical (unpaired) electrons. The van der Waals surface area contributed by atoms with Crippen LogP contribution in [-0.4, -0.2) is 49.9 Å². The highest BCUT2D eigenvalue weighted by Crippen LogP contribution is 2.27. The van der Waals surface area contributed by atoms with E-state index in [0.29, 0.717) is 5.13 Å². The summed E-state index contributed by atoms with van der Waals surface area (Å²) in [6, 6.07) is 11.4. The molecule has 2 heterocycles. The Labute approximate surface area is 196 Å². The average Bonchev–Trinajstić information content (AvgIpc) is 3.29. The molecule has 4 rings (SSSR count). The summed E-state index contributed by atoms with van der Waals surface area (Å²) in [5.74, 6) is -1.46. The van der Waals surface area contributed by atoms with E-state index in [1.165, 1.54) is 23.0 Å². The van der Waals surface area contributed by atoms with Crippen LogP contribution in [0.4, 0.5) is 9.52 Å². The fourth-order valence-corrected chi connectivity index (χ4v) is 5.75. The number of morpholine rings is 1. The Balaban J connectivity index is 1.51. The highest BCUT2D eigenvalue weighted by molar-refractivity contribution is 7.89. The fraction of sp³-hybridized carbons (Fsp3) is 0.304. The number of carbonyl (C=O) groups excluding carboxylic acids is 1. The van der Waals surface area contributed by atoms with Gasteiger partial charge < -0.3 is 4.74 Å². The van der Waals surface area contributed by atoms with E-state index in [4.69, 9.17) is 4.74 Å². The molecular weight excluding hydrogens is 465 g/mol. The third kappa shape index (κ3) is 5.30. The van der Waals surface area contributed by atoms with Gasteiger partial charge in [0.2, 0.25) is 10.0 Å². The first-order chi connectivity index (χ1) is 15.9. The Kier molecular flexibility index (Phi) is 7.18. The zero-order valence-electron chi connectivity index (χ0n) is 18.1. The van der Waals surface area contributed by atoms with Crippen molar-refractivity contribution in [3.8, 4) is 11.3 Å². The Morgan fingerprint density at radius 2 is 1.91 bits per heavy atom. The molecule has 174 valence electrons. The summed E-state index contributed by atoms with van der Waals surface area (Å²) in [6.07, 6.45) is 2.09. The first-order valence-electron chi connectivity index (χ1n) is 10.6. The normalized spacial score (nSPS) is 14.8. The minimum atomic E-state index is -4.08. The molecule has 0 saturated carbocycles. The molecule has 0 bridgehead atoms. The molecule has 1 fully saturated rings. The zero-order valence-corrected chi connectivity index (χ0v) is 19.7. The first-order valence-corrected chi connectivity index (χ1v) is 12.9. The maximum absolute atomic E-state index is 14.4. The number of carbonyl (C=O) groups is 1. The number of nitrogens with zero attached hydrogens (tertiary/aromatic N) is 2. The van der Waals surface area contributed by atoms with E-state index in [-0.39, 0.29) is 31.9 Å². The summed E-state index contributed by atoms with van der Waals surface area (Å²) < 4.78 is 46.4. The topological polar surface area (TPSA) is 88.6 Å². The molecule has 10 heteroatoms. The lowest BCUT2D eigenvalue weighted by atomic mass is 10.1. The third-order valence-corrected chi connectivity index (χ3v) is 7.97. The number of aromatic nitrogens is 1. The molecule has 33 heavy (non-hydrogen) atoms. The van der Waals surface area contributed by atoms with Gasteiger partial charge in [-0.1, -0.05) is 37.6 Å². The van der Waals surface area contributed by atoms with Crippen molar-refractivity contribution in [3.63, 3.8) is 0 Å². The number of hydrogen-bond donors (Lipinski definition) is 1. The lowest BCUT2D eigenvalue weighted by Gasteiger charge is -2.26. The Morgan fingerprint density at radius 1 is 1.18 bits per heavy atom. The van der Waals surface area contributed by atoms with Gasteiger partial charge in [0.05, 0.1) is 18.9 Å². The molecule has 0 spiro atoms. The summed E-state index contributed by atoms with van der Waals surface area (Å²) in [6.45, 7) is 2.90. The van der Waals surface area contributed by atoms with Crippen molar-refractivity contribution in [2.45, 2.75) is 24.7 Å². The zero-order chi connectivity index (χ0) is 23.4. The number of nitrogens with one attached hydrogen (secondary N) is 1. The minimum Gasteiger partial charge on any atom is -0.379 e. The van der Waals surface area contributed by atoms with Gasteiger partial charge in [-0.15, -0.1) is 11.3 Å². The van der Waals surface area contributed by atoms with Gasteiger partial charge in [0, 0.05) is 29.6 Å². The molecule has 7 nitrogen and oxygen atoms in total. The number of halogens is 1. The van der Waals surface area contributed by atoms with Crippen LogP contribution >= 0.6 is 11.3 Å². The highest BCUT2D eigenvalue weighted by Gasteiger charge is 2.30. The van der Waals surface area contributed by atoms with Gasteiger partial charge in [-0.05, 0) is 30.2 Å². The quantitative estimate of drug-likeness (QED) is 0.538. The van der Waals surface area contributed by atoms with Crippen molar-refractivity contribution in [3.05, 3.63) is 64.8 Å². The maximum atomic E-state index is 14.4. The number of thiazole rings is 1. The van der Waals surface area contributed by atoms with Gasteiger partial charge >= 0.3 is 0 Å². The predicted molar refractivity (Wildman–Crippen MR) is 125 cm³/mol. The van der Waals surface area contributed by atoms with Crippen molar-refractivity contribution in [1.29, 1.82) is 0 Å². The number of sulfonamides is 1. The van der Waals surface area contributed by atoms with Crippen LogP contribution in [0.1, 0.15) is 29.3 Å². The van der Waals surface area contributed by atoms with Crippen LogP contribution in [-0.2, 0) is 21.2 Å². The molecule has 1 aliphatic heterocycles. The summed E-state index contributed by atoms with van der Waals surface area (Å²) in [5.41, 5.74) is 2.95. The standard InChI is InChI=1S/C23H24FN3O4S2/c1-2-3-16-4-6-17(7-5-16)20-15-32-23(25-20)26-22(28)18-8-9-19(24)21(14-18)33(29,30)27-10-12-31-13-11-27/h4-9,14-15H,2-3,10-13H2,1H3,(H,25,26,28). The van der Waals surface area contributed by atoms with Gasteiger partial charge in [-0.2, -0.15) is 4.31 Å². The Hall–Kier alpha value is -2.66. The molecular formula is C23H24FN3O4S2. The second kappa shape index (κ2) is 10.1. The Morgan fingerprint density at radius 3 is 2.61 bits per heavy atom. The molecule has 1 aromatic heterocycles. The van der Waals surface area contributed by atoms with Crippen molar-refractivity contribution < 1.29 is 22.3 Å². The SMILES string of the molecule is CCCc1ccc(-c2csc(NC(=O)c3ccc(F)c(S(=O)(=O)N4CCOCC4)c3)n2)cc1. The number of amides is 1. The number of aryl methyl sites for hydroxylation is 1. The number of benzene rings is 2. The number of ether oxygens (including phenoxy) is 1. The van der Waals surface area contributed by atoms with Crippen molar-refractivity contribution in [2.75, 3.05) is 31.6 Å². The van der Waals surface area contributed by atoms with Gasteiger partial charge in [0.1, 0.15) is 10.7 Å². The summed E-state index contributed by atoms with van der Waals surface area (Å²) >= 11 is 1.26.